The first-order valence-corrected chi connectivity index (χ1v) is 8.73. The molecule has 1 fully saturated rings. The second-order valence-corrected chi connectivity index (χ2v) is 7.26. The van der Waals surface area contributed by atoms with Crippen LogP contribution in [0.2, 0.25) is 0 Å². The molecule has 2 unspecified atom stereocenters. The van der Waals surface area contributed by atoms with Crippen LogP contribution in [0.1, 0.15) is 39.7 Å². The van der Waals surface area contributed by atoms with Crippen LogP contribution in [0.3, 0.4) is 0 Å². The highest BCUT2D eigenvalue weighted by Gasteiger charge is 2.58. The summed E-state index contributed by atoms with van der Waals surface area (Å²) < 4.78 is 10.8. The molecule has 0 heterocycles. The van der Waals surface area contributed by atoms with Gasteiger partial charge in [0.05, 0.1) is 19.3 Å². The zero-order chi connectivity index (χ0) is 18.7. The van der Waals surface area contributed by atoms with Crippen LogP contribution in [-0.4, -0.2) is 43.5 Å². The molecular formula is C19H31N3O3. The summed E-state index contributed by atoms with van der Waals surface area (Å²) in [6.07, 6.45) is 0.935. The average molecular weight is 349 g/mol. The van der Waals surface area contributed by atoms with Gasteiger partial charge in [-0.2, -0.15) is 0 Å². The fourth-order valence-corrected chi connectivity index (χ4v) is 3.21. The Labute approximate surface area is 150 Å². The molecule has 0 spiro atoms. The number of benzene rings is 1. The monoisotopic (exact) mass is 349 g/mol. The smallest absolute Gasteiger partial charge is 0.191 e. The Kier molecular flexibility index (Phi) is 5.83. The molecule has 3 N–H and O–H groups in total. The summed E-state index contributed by atoms with van der Waals surface area (Å²) >= 11 is 0. The molecule has 0 saturated heterocycles. The molecule has 0 aliphatic heterocycles. The number of nitrogens with zero attached hydrogens (tertiary/aromatic N) is 1. The van der Waals surface area contributed by atoms with Gasteiger partial charge in [-0.15, -0.1) is 0 Å². The Balaban J connectivity index is 2.06. The van der Waals surface area contributed by atoms with Gasteiger partial charge in [-0.3, -0.25) is 0 Å². The largest absolute Gasteiger partial charge is 0.504 e. The Morgan fingerprint density at radius 3 is 2.56 bits per heavy atom. The summed E-state index contributed by atoms with van der Waals surface area (Å²) in [7, 11) is 3.31. The summed E-state index contributed by atoms with van der Waals surface area (Å²) in [5.41, 5.74) is 0.810. The van der Waals surface area contributed by atoms with E-state index in [0.29, 0.717) is 18.3 Å². The number of ether oxygens (including phenoxy) is 2. The first-order chi connectivity index (χ1) is 11.8. The maximum Gasteiger partial charge on any atom is 0.191 e. The van der Waals surface area contributed by atoms with Crippen molar-refractivity contribution in [3.8, 4) is 11.5 Å². The van der Waals surface area contributed by atoms with Gasteiger partial charge in [-0.1, -0.05) is 19.9 Å². The third-order valence-corrected chi connectivity index (χ3v) is 5.60. The number of aliphatic imine (C=N–C) groups is 1. The van der Waals surface area contributed by atoms with Crippen molar-refractivity contribution in [3.05, 3.63) is 23.8 Å². The van der Waals surface area contributed by atoms with Crippen molar-refractivity contribution in [1.29, 1.82) is 0 Å². The minimum atomic E-state index is -0.121. The van der Waals surface area contributed by atoms with E-state index in [0.717, 1.165) is 24.5 Å². The lowest BCUT2D eigenvalue weighted by Gasteiger charge is -2.59. The van der Waals surface area contributed by atoms with Gasteiger partial charge in [-0.05, 0) is 38.0 Å². The molecule has 1 saturated carbocycles. The molecule has 2 rings (SSSR count). The van der Waals surface area contributed by atoms with Crippen molar-refractivity contribution in [3.63, 3.8) is 0 Å². The molecule has 1 aliphatic rings. The van der Waals surface area contributed by atoms with E-state index in [1.165, 1.54) is 7.11 Å². The molecule has 1 aliphatic carbocycles. The van der Waals surface area contributed by atoms with Crippen LogP contribution in [-0.2, 0) is 11.3 Å². The molecule has 2 atom stereocenters. The third kappa shape index (κ3) is 3.84. The first kappa shape index (κ1) is 19.4. The van der Waals surface area contributed by atoms with Gasteiger partial charge < -0.3 is 25.2 Å². The Hall–Kier alpha value is -1.95. The molecule has 0 aromatic heterocycles. The Morgan fingerprint density at radius 1 is 1.32 bits per heavy atom. The van der Waals surface area contributed by atoms with Gasteiger partial charge in [0, 0.05) is 25.1 Å². The number of guanidine groups is 1. The molecule has 0 bridgehead atoms. The minimum Gasteiger partial charge on any atom is -0.504 e. The summed E-state index contributed by atoms with van der Waals surface area (Å²) in [6.45, 7) is 9.87. The number of hydrogen-bond donors (Lipinski definition) is 3. The van der Waals surface area contributed by atoms with Gasteiger partial charge in [0.2, 0.25) is 0 Å². The summed E-state index contributed by atoms with van der Waals surface area (Å²) in [5.74, 6) is 1.37. The lowest BCUT2D eigenvalue weighted by atomic mass is 9.56. The van der Waals surface area contributed by atoms with Crippen LogP contribution in [0.15, 0.2) is 23.2 Å². The van der Waals surface area contributed by atoms with Crippen LogP contribution >= 0.6 is 0 Å². The second kappa shape index (κ2) is 7.52. The highest BCUT2D eigenvalue weighted by molar-refractivity contribution is 5.80. The van der Waals surface area contributed by atoms with Gasteiger partial charge in [-0.25, -0.2) is 4.99 Å². The number of rotatable bonds is 6. The second-order valence-electron chi connectivity index (χ2n) is 7.26. The Morgan fingerprint density at radius 2 is 2.04 bits per heavy atom. The normalized spacial score (nSPS) is 25.2. The zero-order valence-corrected chi connectivity index (χ0v) is 16.1. The van der Waals surface area contributed by atoms with Crippen LogP contribution in [0.5, 0.6) is 11.5 Å². The number of phenolic OH excluding ortho intramolecular Hbond substituents is 1. The molecule has 140 valence electrons. The molecule has 0 amide bonds. The van der Waals surface area contributed by atoms with E-state index in [1.807, 2.05) is 13.0 Å². The van der Waals surface area contributed by atoms with E-state index >= 15 is 0 Å². The maximum absolute atomic E-state index is 9.89. The van der Waals surface area contributed by atoms with E-state index in [4.69, 9.17) is 9.47 Å². The van der Waals surface area contributed by atoms with E-state index in [2.05, 4.69) is 36.4 Å². The highest BCUT2D eigenvalue weighted by atomic mass is 16.5. The van der Waals surface area contributed by atoms with E-state index < -0.39 is 0 Å². The summed E-state index contributed by atoms with van der Waals surface area (Å²) in [6, 6.07) is 5.63. The average Bonchev–Trinajstić information content (AvgIpc) is 2.59. The number of hydrogen-bond acceptors (Lipinski definition) is 4. The SMILES string of the molecule is CCNC(=NCc1ccc(OC)c(O)c1)NC1CC(C)(OC)C1(C)C. The lowest BCUT2D eigenvalue weighted by molar-refractivity contribution is -0.176. The number of nitrogens with one attached hydrogen (secondary N) is 2. The van der Waals surface area contributed by atoms with Gasteiger partial charge in [0.1, 0.15) is 0 Å². The molecule has 6 heteroatoms. The summed E-state index contributed by atoms with van der Waals surface area (Å²) in [5, 5.41) is 16.7. The molecule has 0 radical (unpaired) electrons. The van der Waals surface area contributed by atoms with Crippen LogP contribution < -0.4 is 15.4 Å². The number of methoxy groups -OCH3 is 2. The van der Waals surface area contributed by atoms with Crippen molar-refractivity contribution < 1.29 is 14.6 Å². The molecule has 25 heavy (non-hydrogen) atoms. The third-order valence-electron chi connectivity index (χ3n) is 5.60. The van der Waals surface area contributed by atoms with E-state index in [9.17, 15) is 5.11 Å². The molecule has 6 nitrogen and oxygen atoms in total. The maximum atomic E-state index is 9.89. The van der Waals surface area contributed by atoms with Crippen LogP contribution in [0.25, 0.3) is 0 Å². The van der Waals surface area contributed by atoms with Crippen molar-refractivity contribution in [1.82, 2.24) is 10.6 Å². The minimum absolute atomic E-state index is 0.0102. The predicted molar refractivity (Wildman–Crippen MR) is 100 cm³/mol. The van der Waals surface area contributed by atoms with E-state index in [1.54, 1.807) is 19.2 Å². The van der Waals surface area contributed by atoms with Crippen LogP contribution in [0.4, 0.5) is 0 Å². The van der Waals surface area contributed by atoms with Gasteiger partial charge in [0.15, 0.2) is 17.5 Å². The van der Waals surface area contributed by atoms with Crippen molar-refractivity contribution in [2.75, 3.05) is 20.8 Å². The Bertz CT molecular complexity index is 630. The quantitative estimate of drug-likeness (QED) is 0.544. The van der Waals surface area contributed by atoms with Crippen molar-refractivity contribution in [2.45, 2.75) is 52.3 Å². The molecule has 1 aromatic carbocycles. The standard InChI is InChI=1S/C19H31N3O3/c1-7-20-17(22-16-11-19(4,25-6)18(16,2)3)21-12-13-8-9-15(24-5)14(23)10-13/h8-10,16,23H,7,11-12H2,1-6H3,(H2,20,21,22). The van der Waals surface area contributed by atoms with Crippen LogP contribution in [0, 0.1) is 5.41 Å². The van der Waals surface area contributed by atoms with Gasteiger partial charge in [0.25, 0.3) is 0 Å². The van der Waals surface area contributed by atoms with Crippen molar-refractivity contribution in [2.24, 2.45) is 10.4 Å². The lowest BCUT2D eigenvalue weighted by Crippen LogP contribution is -2.69. The number of phenols is 1. The fraction of sp³-hybridized carbons (Fsp3) is 0.632. The first-order valence-electron chi connectivity index (χ1n) is 8.73. The van der Waals surface area contributed by atoms with E-state index in [-0.39, 0.29) is 16.8 Å². The highest BCUT2D eigenvalue weighted by Crippen LogP contribution is 2.51. The predicted octanol–water partition coefficient (Wildman–Crippen LogP) is 2.66. The van der Waals surface area contributed by atoms with Gasteiger partial charge >= 0.3 is 0 Å². The topological polar surface area (TPSA) is 75.1 Å². The molecule has 1 aromatic rings. The number of aromatic hydroxyl groups is 1. The zero-order valence-electron chi connectivity index (χ0n) is 16.1. The van der Waals surface area contributed by atoms with Crippen molar-refractivity contribution >= 4 is 5.96 Å². The molecular weight excluding hydrogens is 318 g/mol. The summed E-state index contributed by atoms with van der Waals surface area (Å²) in [4.78, 5) is 4.64. The fourth-order valence-electron chi connectivity index (χ4n) is 3.21.